The second-order valence-electron chi connectivity index (χ2n) is 3.35. The highest BCUT2D eigenvalue weighted by Gasteiger charge is 2.11. The Balaban J connectivity index is 0. The van der Waals surface area contributed by atoms with Crippen LogP contribution in [0.15, 0.2) is 0 Å². The zero-order chi connectivity index (χ0) is 13.9. The zero-order valence-electron chi connectivity index (χ0n) is 9.87. The van der Waals surface area contributed by atoms with Crippen molar-refractivity contribution in [2.24, 2.45) is 5.92 Å². The highest BCUT2D eigenvalue weighted by Crippen LogP contribution is 2.13. The summed E-state index contributed by atoms with van der Waals surface area (Å²) in [6.07, 6.45) is 3.97. The van der Waals surface area contributed by atoms with Gasteiger partial charge in [-0.2, -0.15) is 8.42 Å². The van der Waals surface area contributed by atoms with Crippen LogP contribution in [0.3, 0.4) is 0 Å². The molecule has 7 nitrogen and oxygen atoms in total. The van der Waals surface area contributed by atoms with E-state index >= 15 is 0 Å². The van der Waals surface area contributed by atoms with Gasteiger partial charge in [0, 0.05) is 0 Å². The van der Waals surface area contributed by atoms with E-state index in [9.17, 15) is 8.42 Å². The van der Waals surface area contributed by atoms with Crippen molar-refractivity contribution in [2.45, 2.75) is 39.5 Å². The van der Waals surface area contributed by atoms with E-state index in [0.29, 0.717) is 0 Å². The predicted octanol–water partition coefficient (Wildman–Crippen LogP) is 1.36. The summed E-state index contributed by atoms with van der Waals surface area (Å²) in [6.45, 7) is 4.15. The lowest BCUT2D eigenvalue weighted by Gasteiger charge is -2.12. The summed E-state index contributed by atoms with van der Waals surface area (Å²) in [5.41, 5.74) is 0. The van der Waals surface area contributed by atoms with E-state index in [1.165, 1.54) is 0 Å². The molecule has 0 radical (unpaired) electrons. The van der Waals surface area contributed by atoms with Gasteiger partial charge >= 0.3 is 10.4 Å². The van der Waals surface area contributed by atoms with Crippen molar-refractivity contribution >= 4 is 21.8 Å². The smallest absolute Gasteiger partial charge is 0.397 e. The molecule has 0 amide bonds. The molecule has 0 aliphatic carbocycles. The van der Waals surface area contributed by atoms with Crippen molar-refractivity contribution in [3.05, 3.63) is 0 Å². The molecule has 0 heterocycles. The normalized spacial score (nSPS) is 14.6. The third-order valence-electron chi connectivity index (χ3n) is 2.00. The van der Waals surface area contributed by atoms with Crippen molar-refractivity contribution in [1.82, 2.24) is 0 Å². The lowest BCUT2D eigenvalue weighted by Crippen LogP contribution is -2.13. The Bertz CT molecular complexity index is 284. The molecule has 0 aliphatic heterocycles. The average Bonchev–Trinajstić information content (AvgIpc) is 2.16. The van der Waals surface area contributed by atoms with Gasteiger partial charge in [0.25, 0.3) is 0 Å². The highest BCUT2D eigenvalue weighted by atomic mass is 32.3. The molecule has 0 spiro atoms. The summed E-state index contributed by atoms with van der Waals surface area (Å²) in [4.78, 5) is 0. The number of rotatable bonds is 7. The Morgan fingerprint density at radius 3 is 2.18 bits per heavy atom. The van der Waals surface area contributed by atoms with Gasteiger partial charge in [0.2, 0.25) is 0 Å². The molecule has 2 N–H and O–H groups in total. The van der Waals surface area contributed by atoms with Gasteiger partial charge in [-0.25, -0.2) is 8.39 Å². The first-order valence-corrected chi connectivity index (χ1v) is 7.52. The van der Waals surface area contributed by atoms with Crippen LogP contribution >= 0.6 is 0 Å². The minimum absolute atomic E-state index is 0.0926. The van der Waals surface area contributed by atoms with Gasteiger partial charge in [-0.05, 0) is 12.3 Å². The first-order chi connectivity index (χ1) is 7.72. The molecule has 9 heteroatoms. The Labute approximate surface area is 105 Å². The standard InChI is InChI=1S/C8H18O4S.H2O3S/c1-3-5-6-8(4-2)7-12-13(9,10)11;1-4(2)3/h8H,3-7H2,1-2H3,(H,9,10,11);(H2,1,2,3)/p-1. The molecule has 0 rings (SSSR count). The summed E-state index contributed by atoms with van der Waals surface area (Å²) < 4.78 is 57.2. The molecule has 0 bridgehead atoms. The van der Waals surface area contributed by atoms with Crippen LogP contribution in [-0.2, 0) is 25.9 Å². The van der Waals surface area contributed by atoms with Crippen LogP contribution < -0.4 is 0 Å². The largest absolute Gasteiger partial charge is 0.750 e. The third kappa shape index (κ3) is 21.7. The summed E-state index contributed by atoms with van der Waals surface area (Å²) in [5, 5.41) is 0. The molecule has 2 unspecified atom stereocenters. The van der Waals surface area contributed by atoms with Crippen LogP contribution in [-0.4, -0.2) is 32.9 Å². The van der Waals surface area contributed by atoms with Crippen molar-refractivity contribution in [2.75, 3.05) is 6.61 Å². The fourth-order valence-corrected chi connectivity index (χ4v) is 1.44. The molecular weight excluding hydrogens is 272 g/mol. The number of unbranched alkanes of at least 4 members (excludes halogenated alkanes) is 1. The van der Waals surface area contributed by atoms with Crippen LogP contribution in [0.1, 0.15) is 39.5 Å². The Morgan fingerprint density at radius 1 is 1.41 bits per heavy atom. The van der Waals surface area contributed by atoms with E-state index < -0.39 is 21.8 Å². The molecule has 0 aromatic carbocycles. The molecule has 17 heavy (non-hydrogen) atoms. The Morgan fingerprint density at radius 2 is 1.88 bits per heavy atom. The fraction of sp³-hybridized carbons (Fsp3) is 1.00. The minimum atomic E-state index is -4.25. The number of hydrogen-bond donors (Lipinski definition) is 2. The maximum Gasteiger partial charge on any atom is 0.397 e. The lowest BCUT2D eigenvalue weighted by molar-refractivity contribution is 0.211. The quantitative estimate of drug-likeness (QED) is 0.536. The third-order valence-corrected chi connectivity index (χ3v) is 2.43. The second-order valence-corrected chi connectivity index (χ2v) is 4.87. The Kier molecular flexibility index (Phi) is 12.5. The SMILES string of the molecule is CCCCC(CC)COS(=O)(=O)O.O=S([O-])O. The van der Waals surface area contributed by atoms with Crippen LogP contribution in [0.5, 0.6) is 0 Å². The van der Waals surface area contributed by atoms with E-state index in [4.69, 9.17) is 17.9 Å². The minimum Gasteiger partial charge on any atom is -0.750 e. The van der Waals surface area contributed by atoms with Gasteiger partial charge < -0.3 is 9.11 Å². The van der Waals surface area contributed by atoms with Crippen molar-refractivity contribution in [1.29, 1.82) is 0 Å². The summed E-state index contributed by atoms with van der Waals surface area (Å²) in [5.74, 6) is 0.224. The number of hydrogen-bond acceptors (Lipinski definition) is 5. The van der Waals surface area contributed by atoms with Gasteiger partial charge in [-0.3, -0.25) is 4.55 Å². The molecular formula is C8H19O7S2-. The molecule has 0 saturated heterocycles. The van der Waals surface area contributed by atoms with Crippen LogP contribution in [0, 0.1) is 5.92 Å². The molecule has 106 valence electrons. The molecule has 0 fully saturated rings. The monoisotopic (exact) mass is 291 g/mol. The molecule has 0 aromatic rings. The van der Waals surface area contributed by atoms with Crippen molar-refractivity contribution < 1.29 is 30.5 Å². The van der Waals surface area contributed by atoms with Gasteiger partial charge in [0.15, 0.2) is 0 Å². The summed E-state index contributed by atoms with van der Waals surface area (Å²) in [7, 11) is -4.25. The van der Waals surface area contributed by atoms with E-state index in [1.54, 1.807) is 0 Å². The van der Waals surface area contributed by atoms with Gasteiger partial charge in [-0.15, -0.1) is 0 Å². The predicted molar refractivity (Wildman–Crippen MR) is 62.4 cm³/mol. The lowest BCUT2D eigenvalue weighted by atomic mass is 10.0. The Hall–Kier alpha value is -0.0600. The first-order valence-electron chi connectivity index (χ1n) is 5.13. The molecule has 0 saturated carbocycles. The molecule has 0 aromatic heterocycles. The van der Waals surface area contributed by atoms with Crippen LogP contribution in [0.2, 0.25) is 0 Å². The van der Waals surface area contributed by atoms with E-state index in [1.807, 2.05) is 6.92 Å². The topological polar surface area (TPSA) is 124 Å². The van der Waals surface area contributed by atoms with Crippen LogP contribution in [0.25, 0.3) is 0 Å². The second kappa shape index (κ2) is 11.1. The van der Waals surface area contributed by atoms with Crippen LogP contribution in [0.4, 0.5) is 0 Å². The van der Waals surface area contributed by atoms with Crippen molar-refractivity contribution in [3.8, 4) is 0 Å². The van der Waals surface area contributed by atoms with E-state index in [0.717, 1.165) is 25.7 Å². The molecule has 0 aliphatic rings. The highest BCUT2D eigenvalue weighted by molar-refractivity contribution is 7.80. The van der Waals surface area contributed by atoms with Gasteiger partial charge in [0.1, 0.15) is 0 Å². The molecule has 2 atom stereocenters. The van der Waals surface area contributed by atoms with Crippen molar-refractivity contribution in [3.63, 3.8) is 0 Å². The maximum atomic E-state index is 10.3. The van der Waals surface area contributed by atoms with E-state index in [-0.39, 0.29) is 12.5 Å². The zero-order valence-corrected chi connectivity index (χ0v) is 11.5. The maximum absolute atomic E-state index is 10.3. The summed E-state index contributed by atoms with van der Waals surface area (Å²) in [6, 6.07) is 0. The van der Waals surface area contributed by atoms with Gasteiger partial charge in [-0.1, -0.05) is 33.1 Å². The average molecular weight is 291 g/mol. The van der Waals surface area contributed by atoms with E-state index in [2.05, 4.69) is 11.1 Å². The van der Waals surface area contributed by atoms with Gasteiger partial charge in [0.05, 0.1) is 18.0 Å². The fourth-order valence-electron chi connectivity index (χ4n) is 1.08. The first kappa shape index (κ1) is 19.3. The summed E-state index contributed by atoms with van der Waals surface area (Å²) >= 11 is -2.86.